The van der Waals surface area contributed by atoms with Crippen LogP contribution in [0.1, 0.15) is 25.0 Å². The van der Waals surface area contributed by atoms with Gasteiger partial charge in [-0.25, -0.2) is 0 Å². The van der Waals surface area contributed by atoms with E-state index in [0.29, 0.717) is 6.54 Å². The molecule has 18 heavy (non-hydrogen) atoms. The van der Waals surface area contributed by atoms with E-state index in [1.54, 1.807) is 7.11 Å². The molecule has 0 aliphatic rings. The number of carbonyl (C=O) groups excluding carboxylic acids is 1. The van der Waals surface area contributed by atoms with Crippen LogP contribution in [0.4, 0.5) is 0 Å². The van der Waals surface area contributed by atoms with Gasteiger partial charge in [0, 0.05) is 12.0 Å². The fraction of sp³-hybridized carbons (Fsp3) is 0.500. The first-order valence-corrected chi connectivity index (χ1v) is 6.56. The molecule has 4 heteroatoms. The Bertz CT molecular complexity index is 430. The Morgan fingerprint density at radius 2 is 2.11 bits per heavy atom. The molecule has 1 rings (SSSR count). The Labute approximate surface area is 114 Å². The van der Waals surface area contributed by atoms with E-state index < -0.39 is 0 Å². The molecule has 0 aromatic heterocycles. The summed E-state index contributed by atoms with van der Waals surface area (Å²) in [5.41, 5.74) is 2.17. The molecule has 0 atom stereocenters. The summed E-state index contributed by atoms with van der Waals surface area (Å²) in [6, 6.07) is 6.11. The van der Waals surface area contributed by atoms with E-state index >= 15 is 0 Å². The topological polar surface area (TPSA) is 38.3 Å². The van der Waals surface area contributed by atoms with Crippen molar-refractivity contribution in [3.05, 3.63) is 29.3 Å². The molecule has 0 bridgehead atoms. The predicted octanol–water partition coefficient (Wildman–Crippen LogP) is 2.33. The van der Waals surface area contributed by atoms with Crippen LogP contribution in [0.5, 0.6) is 5.75 Å². The minimum Gasteiger partial charge on any atom is -0.496 e. The number of hydrogen-bond donors (Lipinski definition) is 2. The average Bonchev–Trinajstić information content (AvgIpc) is 2.35. The van der Waals surface area contributed by atoms with E-state index in [1.807, 2.05) is 19.1 Å². The summed E-state index contributed by atoms with van der Waals surface area (Å²) in [4.78, 5) is 11.2. The summed E-state index contributed by atoms with van der Waals surface area (Å²) in [6.45, 7) is 6.82. The van der Waals surface area contributed by atoms with E-state index in [-0.39, 0.29) is 17.1 Å². The highest BCUT2D eigenvalue weighted by molar-refractivity contribution is 7.81. The lowest BCUT2D eigenvalue weighted by Crippen LogP contribution is -2.37. The summed E-state index contributed by atoms with van der Waals surface area (Å²) < 4.78 is 5.25. The quantitative estimate of drug-likeness (QED) is 0.804. The van der Waals surface area contributed by atoms with Gasteiger partial charge in [-0.05, 0) is 24.1 Å². The van der Waals surface area contributed by atoms with Crippen molar-refractivity contribution in [1.29, 1.82) is 0 Å². The highest BCUT2D eigenvalue weighted by Gasteiger charge is 2.21. The van der Waals surface area contributed by atoms with Crippen molar-refractivity contribution >= 4 is 18.5 Å². The number of benzene rings is 1. The van der Waals surface area contributed by atoms with Crippen LogP contribution in [-0.2, 0) is 10.2 Å². The van der Waals surface area contributed by atoms with Crippen LogP contribution < -0.4 is 10.1 Å². The smallest absolute Gasteiger partial charge is 0.229 e. The van der Waals surface area contributed by atoms with Gasteiger partial charge >= 0.3 is 0 Å². The molecule has 0 saturated heterocycles. The van der Waals surface area contributed by atoms with Crippen LogP contribution in [0.25, 0.3) is 0 Å². The second-order valence-corrected chi connectivity index (χ2v) is 5.32. The number of carbonyl (C=O) groups is 1. The van der Waals surface area contributed by atoms with Crippen LogP contribution in [-0.4, -0.2) is 25.3 Å². The summed E-state index contributed by atoms with van der Waals surface area (Å²) >= 11 is 3.95. The molecular formula is C14H21NO2S. The van der Waals surface area contributed by atoms with E-state index in [0.717, 1.165) is 11.3 Å². The van der Waals surface area contributed by atoms with Gasteiger partial charge in [0.1, 0.15) is 5.75 Å². The molecule has 1 aromatic rings. The highest BCUT2D eigenvalue weighted by atomic mass is 32.1. The van der Waals surface area contributed by atoms with Gasteiger partial charge in [0.05, 0.1) is 12.9 Å². The number of hydrogen-bond acceptors (Lipinski definition) is 3. The Morgan fingerprint density at radius 1 is 1.44 bits per heavy atom. The molecule has 0 radical (unpaired) electrons. The zero-order valence-electron chi connectivity index (χ0n) is 11.4. The van der Waals surface area contributed by atoms with Crippen molar-refractivity contribution in [2.45, 2.75) is 26.2 Å². The largest absolute Gasteiger partial charge is 0.496 e. The second kappa shape index (κ2) is 6.14. The minimum absolute atomic E-state index is 0.0448. The third-order valence-electron chi connectivity index (χ3n) is 3.05. The van der Waals surface area contributed by atoms with Crippen molar-refractivity contribution in [2.24, 2.45) is 0 Å². The molecule has 0 fully saturated rings. The molecule has 1 N–H and O–H groups in total. The van der Waals surface area contributed by atoms with Crippen LogP contribution >= 0.6 is 12.6 Å². The molecule has 0 saturated carbocycles. The van der Waals surface area contributed by atoms with Gasteiger partial charge in [-0.1, -0.05) is 26.0 Å². The fourth-order valence-corrected chi connectivity index (χ4v) is 1.89. The third-order valence-corrected chi connectivity index (χ3v) is 3.33. The van der Waals surface area contributed by atoms with Crippen LogP contribution in [0.2, 0.25) is 0 Å². The monoisotopic (exact) mass is 267 g/mol. The third kappa shape index (κ3) is 3.67. The van der Waals surface area contributed by atoms with Crippen LogP contribution in [0.3, 0.4) is 0 Å². The summed E-state index contributed by atoms with van der Waals surface area (Å²) in [5.74, 6) is 1.06. The Balaban J connectivity index is 2.84. The molecule has 0 unspecified atom stereocenters. The SMILES string of the molecule is COc1ccc(C(C)(C)CNC(=O)CS)cc1C. The number of aryl methyl sites for hydroxylation is 1. The molecular weight excluding hydrogens is 246 g/mol. The second-order valence-electron chi connectivity index (χ2n) is 5.00. The first-order chi connectivity index (χ1) is 8.40. The zero-order valence-corrected chi connectivity index (χ0v) is 12.3. The highest BCUT2D eigenvalue weighted by Crippen LogP contribution is 2.27. The molecule has 0 spiro atoms. The number of thiol groups is 1. The summed E-state index contributed by atoms with van der Waals surface area (Å²) in [7, 11) is 1.67. The van der Waals surface area contributed by atoms with Crippen LogP contribution in [0.15, 0.2) is 18.2 Å². The Kier molecular flexibility index (Phi) is 5.08. The molecule has 100 valence electrons. The molecule has 0 aliphatic heterocycles. The summed E-state index contributed by atoms with van der Waals surface area (Å²) in [5, 5.41) is 2.87. The number of amides is 1. The first kappa shape index (κ1) is 14.9. The van der Waals surface area contributed by atoms with Crippen molar-refractivity contribution in [2.75, 3.05) is 19.4 Å². The zero-order chi connectivity index (χ0) is 13.8. The molecule has 0 aliphatic carbocycles. The van der Waals surface area contributed by atoms with Gasteiger partial charge in [-0.2, -0.15) is 12.6 Å². The number of ether oxygens (including phenoxy) is 1. The Hall–Kier alpha value is -1.16. The van der Waals surface area contributed by atoms with E-state index in [9.17, 15) is 4.79 Å². The lowest BCUT2D eigenvalue weighted by atomic mass is 9.83. The van der Waals surface area contributed by atoms with Crippen molar-refractivity contribution in [3.63, 3.8) is 0 Å². The van der Waals surface area contributed by atoms with E-state index in [4.69, 9.17) is 4.74 Å². The lowest BCUT2D eigenvalue weighted by Gasteiger charge is -2.26. The standard InChI is InChI=1S/C14H21NO2S/c1-10-7-11(5-6-12(10)17-4)14(2,3)9-15-13(16)8-18/h5-7,18H,8-9H2,1-4H3,(H,15,16). The maximum absolute atomic E-state index is 11.2. The number of rotatable bonds is 5. The molecule has 3 nitrogen and oxygen atoms in total. The lowest BCUT2D eigenvalue weighted by molar-refractivity contribution is -0.118. The Morgan fingerprint density at radius 3 is 2.61 bits per heavy atom. The first-order valence-electron chi connectivity index (χ1n) is 5.93. The van der Waals surface area contributed by atoms with Crippen molar-refractivity contribution < 1.29 is 9.53 Å². The van der Waals surface area contributed by atoms with Gasteiger partial charge in [-0.15, -0.1) is 0 Å². The maximum Gasteiger partial charge on any atom is 0.229 e. The van der Waals surface area contributed by atoms with Crippen LogP contribution in [0, 0.1) is 6.92 Å². The average molecular weight is 267 g/mol. The molecule has 0 heterocycles. The van der Waals surface area contributed by atoms with Gasteiger partial charge in [0.25, 0.3) is 0 Å². The van der Waals surface area contributed by atoms with Crippen molar-refractivity contribution in [3.8, 4) is 5.75 Å². The fourth-order valence-electron chi connectivity index (χ4n) is 1.78. The molecule has 1 aromatic carbocycles. The van der Waals surface area contributed by atoms with Gasteiger partial charge in [0.2, 0.25) is 5.91 Å². The number of nitrogens with one attached hydrogen (secondary N) is 1. The van der Waals surface area contributed by atoms with E-state index in [1.165, 1.54) is 5.56 Å². The van der Waals surface area contributed by atoms with E-state index in [2.05, 4.69) is 37.9 Å². The van der Waals surface area contributed by atoms with Crippen molar-refractivity contribution in [1.82, 2.24) is 5.32 Å². The maximum atomic E-state index is 11.2. The normalized spacial score (nSPS) is 11.2. The van der Waals surface area contributed by atoms with Gasteiger partial charge < -0.3 is 10.1 Å². The predicted molar refractivity (Wildman–Crippen MR) is 77.6 cm³/mol. The summed E-state index contributed by atoms with van der Waals surface area (Å²) in [6.07, 6.45) is 0. The molecule has 1 amide bonds. The van der Waals surface area contributed by atoms with Gasteiger partial charge in [0.15, 0.2) is 0 Å². The number of methoxy groups -OCH3 is 1. The van der Waals surface area contributed by atoms with Gasteiger partial charge in [-0.3, -0.25) is 4.79 Å². The minimum atomic E-state index is -0.115.